The third-order valence-electron chi connectivity index (χ3n) is 2.75. The Labute approximate surface area is 134 Å². The van der Waals surface area contributed by atoms with Gasteiger partial charge in [0, 0.05) is 15.8 Å². The van der Waals surface area contributed by atoms with Crippen LogP contribution in [0, 0.1) is 5.82 Å². The van der Waals surface area contributed by atoms with Gasteiger partial charge in [0.2, 0.25) is 0 Å². The van der Waals surface area contributed by atoms with E-state index in [9.17, 15) is 14.0 Å². The second-order valence-electron chi connectivity index (χ2n) is 4.27. The second-order valence-corrected chi connectivity index (χ2v) is 5.13. The predicted octanol–water partition coefficient (Wildman–Crippen LogP) is 4.02. The van der Waals surface area contributed by atoms with E-state index in [0.29, 0.717) is 21.4 Å². The van der Waals surface area contributed by atoms with Crippen LogP contribution in [0.5, 0.6) is 0 Å². The van der Waals surface area contributed by atoms with Crippen LogP contribution in [0.2, 0.25) is 0 Å². The molecule has 114 valence electrons. The topological polar surface area (TPSA) is 67.4 Å². The molecule has 2 aromatic rings. The number of amides is 2. The Morgan fingerprint density at radius 1 is 1.05 bits per heavy atom. The van der Waals surface area contributed by atoms with Crippen molar-refractivity contribution in [3.05, 3.63) is 58.3 Å². The van der Waals surface area contributed by atoms with E-state index in [1.54, 1.807) is 24.3 Å². The number of carbonyl (C=O) groups excluding carboxylic acids is 2. The summed E-state index contributed by atoms with van der Waals surface area (Å²) in [5, 5.41) is 5.17. The molecule has 2 N–H and O–H groups in total. The zero-order valence-corrected chi connectivity index (χ0v) is 13.1. The molecule has 0 saturated carbocycles. The number of anilines is 2. The fourth-order valence-electron chi connectivity index (χ4n) is 1.68. The molecule has 0 atom stereocenters. The number of carbonyl (C=O) groups is 2. The molecule has 0 fully saturated rings. The number of hydrogen-bond acceptors (Lipinski definition) is 3. The smallest absolute Gasteiger partial charge is 0.411 e. The lowest BCUT2D eigenvalue weighted by Gasteiger charge is -2.08. The SMILES string of the molecule is COC(=O)Nc1ccc(NC(=O)c2ccc(F)cc2Br)cc1. The van der Waals surface area contributed by atoms with Crippen LogP contribution < -0.4 is 10.6 Å². The molecule has 7 heteroatoms. The van der Waals surface area contributed by atoms with Crippen molar-refractivity contribution in [1.82, 2.24) is 0 Å². The molecular weight excluding hydrogens is 355 g/mol. The lowest BCUT2D eigenvalue weighted by Crippen LogP contribution is -2.13. The standard InChI is InChI=1S/C15H12BrFN2O3/c1-22-15(21)19-11-5-3-10(4-6-11)18-14(20)12-7-2-9(17)8-13(12)16/h2-8H,1H3,(H,18,20)(H,19,21). The normalized spacial score (nSPS) is 9.95. The first-order valence-corrected chi connectivity index (χ1v) is 7.00. The Morgan fingerprint density at radius 3 is 2.18 bits per heavy atom. The number of halogens is 2. The lowest BCUT2D eigenvalue weighted by molar-refractivity contribution is 0.102. The van der Waals surface area contributed by atoms with Crippen molar-refractivity contribution in [2.75, 3.05) is 17.7 Å². The Morgan fingerprint density at radius 2 is 1.64 bits per heavy atom. The minimum atomic E-state index is -0.577. The van der Waals surface area contributed by atoms with Crippen LogP contribution in [0.1, 0.15) is 10.4 Å². The van der Waals surface area contributed by atoms with Gasteiger partial charge in [-0.2, -0.15) is 0 Å². The summed E-state index contributed by atoms with van der Waals surface area (Å²) < 4.78 is 17.9. The van der Waals surface area contributed by atoms with Gasteiger partial charge < -0.3 is 10.1 Å². The maximum Gasteiger partial charge on any atom is 0.411 e. The van der Waals surface area contributed by atoms with Gasteiger partial charge in [-0.15, -0.1) is 0 Å². The summed E-state index contributed by atoms with van der Waals surface area (Å²) in [5.41, 5.74) is 1.39. The average Bonchev–Trinajstić information content (AvgIpc) is 2.49. The lowest BCUT2D eigenvalue weighted by atomic mass is 10.2. The first-order valence-electron chi connectivity index (χ1n) is 6.21. The minimum absolute atomic E-state index is 0.318. The summed E-state index contributed by atoms with van der Waals surface area (Å²) in [6.07, 6.45) is -0.577. The second kappa shape index (κ2) is 7.04. The molecule has 0 aliphatic rings. The summed E-state index contributed by atoms with van der Waals surface area (Å²) in [7, 11) is 1.27. The fourth-order valence-corrected chi connectivity index (χ4v) is 2.21. The molecule has 2 rings (SSSR count). The van der Waals surface area contributed by atoms with E-state index >= 15 is 0 Å². The van der Waals surface area contributed by atoms with Crippen molar-refractivity contribution in [3.63, 3.8) is 0 Å². The van der Waals surface area contributed by atoms with Crippen LogP contribution in [0.15, 0.2) is 46.9 Å². The third-order valence-corrected chi connectivity index (χ3v) is 3.41. The summed E-state index contributed by atoms with van der Waals surface area (Å²) in [5.74, 6) is -0.804. The van der Waals surface area contributed by atoms with Gasteiger partial charge in [0.1, 0.15) is 5.82 Å². The summed E-state index contributed by atoms with van der Waals surface area (Å²) in [4.78, 5) is 23.2. The van der Waals surface area contributed by atoms with Gasteiger partial charge in [-0.3, -0.25) is 10.1 Å². The molecule has 5 nitrogen and oxygen atoms in total. The monoisotopic (exact) mass is 366 g/mol. The molecule has 0 saturated heterocycles. The maximum absolute atomic E-state index is 13.0. The van der Waals surface area contributed by atoms with E-state index in [1.807, 2.05) is 0 Å². The number of hydrogen-bond donors (Lipinski definition) is 2. The van der Waals surface area contributed by atoms with Gasteiger partial charge >= 0.3 is 6.09 Å². The Hall–Kier alpha value is -2.41. The van der Waals surface area contributed by atoms with Gasteiger partial charge in [-0.25, -0.2) is 9.18 Å². The van der Waals surface area contributed by atoms with E-state index in [-0.39, 0.29) is 5.91 Å². The van der Waals surface area contributed by atoms with Gasteiger partial charge in [0.05, 0.1) is 12.7 Å². The molecular formula is C15H12BrFN2O3. The molecule has 2 aromatic carbocycles. The van der Waals surface area contributed by atoms with Crippen LogP contribution in [-0.4, -0.2) is 19.1 Å². The molecule has 0 aromatic heterocycles. The molecule has 0 radical (unpaired) electrons. The highest BCUT2D eigenvalue weighted by atomic mass is 79.9. The predicted molar refractivity (Wildman–Crippen MR) is 84.5 cm³/mol. The highest BCUT2D eigenvalue weighted by Crippen LogP contribution is 2.20. The van der Waals surface area contributed by atoms with Crippen molar-refractivity contribution in [1.29, 1.82) is 0 Å². The van der Waals surface area contributed by atoms with Crippen LogP contribution in [0.4, 0.5) is 20.6 Å². The van der Waals surface area contributed by atoms with Crippen molar-refractivity contribution in [3.8, 4) is 0 Å². The zero-order chi connectivity index (χ0) is 16.1. The van der Waals surface area contributed by atoms with Crippen LogP contribution in [0.3, 0.4) is 0 Å². The van der Waals surface area contributed by atoms with Crippen LogP contribution >= 0.6 is 15.9 Å². The van der Waals surface area contributed by atoms with Gasteiger partial charge in [-0.05, 0) is 58.4 Å². The number of benzene rings is 2. The summed E-state index contributed by atoms with van der Waals surface area (Å²) >= 11 is 3.15. The van der Waals surface area contributed by atoms with E-state index in [4.69, 9.17) is 0 Å². The quantitative estimate of drug-likeness (QED) is 0.861. The van der Waals surface area contributed by atoms with Crippen molar-refractivity contribution in [2.24, 2.45) is 0 Å². The number of ether oxygens (including phenoxy) is 1. The van der Waals surface area contributed by atoms with Gasteiger partial charge in [-0.1, -0.05) is 0 Å². The molecule has 0 aliphatic heterocycles. The Kier molecular flexibility index (Phi) is 5.11. The van der Waals surface area contributed by atoms with Crippen LogP contribution in [-0.2, 0) is 4.74 Å². The average molecular weight is 367 g/mol. The summed E-state index contributed by atoms with van der Waals surface area (Å²) in [6.45, 7) is 0. The number of methoxy groups -OCH3 is 1. The zero-order valence-electron chi connectivity index (χ0n) is 11.5. The first kappa shape index (κ1) is 16.0. The number of nitrogens with one attached hydrogen (secondary N) is 2. The van der Waals surface area contributed by atoms with Gasteiger partial charge in [0.25, 0.3) is 5.91 Å². The van der Waals surface area contributed by atoms with E-state index in [2.05, 4.69) is 31.3 Å². The highest BCUT2D eigenvalue weighted by molar-refractivity contribution is 9.10. The van der Waals surface area contributed by atoms with Crippen LogP contribution in [0.25, 0.3) is 0 Å². The van der Waals surface area contributed by atoms with Gasteiger partial charge in [0.15, 0.2) is 0 Å². The maximum atomic E-state index is 13.0. The van der Waals surface area contributed by atoms with E-state index < -0.39 is 11.9 Å². The highest BCUT2D eigenvalue weighted by Gasteiger charge is 2.11. The van der Waals surface area contributed by atoms with E-state index in [0.717, 1.165) is 0 Å². The Bertz CT molecular complexity index is 704. The largest absolute Gasteiger partial charge is 0.453 e. The first-order chi connectivity index (χ1) is 10.5. The molecule has 2 amide bonds. The molecule has 0 aliphatic carbocycles. The Balaban J connectivity index is 2.07. The molecule has 0 bridgehead atoms. The number of rotatable bonds is 3. The third kappa shape index (κ3) is 4.05. The summed E-state index contributed by atoms with van der Waals surface area (Å²) in [6, 6.07) is 10.3. The molecule has 0 heterocycles. The molecule has 0 unspecified atom stereocenters. The van der Waals surface area contributed by atoms with Crippen molar-refractivity contribution in [2.45, 2.75) is 0 Å². The minimum Gasteiger partial charge on any atom is -0.453 e. The molecule has 22 heavy (non-hydrogen) atoms. The van der Waals surface area contributed by atoms with Crippen molar-refractivity contribution < 1.29 is 18.7 Å². The molecule has 0 spiro atoms. The van der Waals surface area contributed by atoms with E-state index in [1.165, 1.54) is 25.3 Å². The van der Waals surface area contributed by atoms with Crippen molar-refractivity contribution >= 4 is 39.3 Å². The fraction of sp³-hybridized carbons (Fsp3) is 0.0667.